The van der Waals surface area contributed by atoms with Gasteiger partial charge in [0.2, 0.25) is 6.79 Å². The first-order valence-corrected chi connectivity index (χ1v) is 7.80. The number of rotatable bonds is 3. The normalized spacial score (nSPS) is 14.4. The van der Waals surface area contributed by atoms with E-state index in [9.17, 15) is 9.59 Å². The third kappa shape index (κ3) is 3.06. The number of halogens is 1. The number of ether oxygens (including phenoxy) is 4. The van der Waals surface area contributed by atoms with Crippen LogP contribution in [-0.4, -0.2) is 25.3 Å². The molecule has 1 amide bonds. The molecule has 7 nitrogen and oxygen atoms in total. The Labute approximate surface area is 147 Å². The van der Waals surface area contributed by atoms with Crippen molar-refractivity contribution in [3.05, 3.63) is 46.5 Å². The second-order valence-electron chi connectivity index (χ2n) is 5.44. The third-order valence-corrected chi connectivity index (χ3v) is 3.99. The number of carbonyl (C=O) groups is 2. The second kappa shape index (κ2) is 6.18. The van der Waals surface area contributed by atoms with E-state index in [0.717, 1.165) is 0 Å². The van der Waals surface area contributed by atoms with Gasteiger partial charge in [0.05, 0.1) is 16.3 Å². The highest BCUT2D eigenvalue weighted by Crippen LogP contribution is 2.40. The van der Waals surface area contributed by atoms with Crippen LogP contribution in [0.25, 0.3) is 0 Å². The highest BCUT2D eigenvalue weighted by molar-refractivity contribution is 6.32. The number of hydrogen-bond acceptors (Lipinski definition) is 6. The number of amides is 1. The van der Waals surface area contributed by atoms with Crippen LogP contribution in [0.5, 0.6) is 17.2 Å². The maximum atomic E-state index is 12.2. The van der Waals surface area contributed by atoms with Crippen molar-refractivity contribution in [2.75, 3.05) is 18.7 Å². The molecule has 0 aliphatic carbocycles. The monoisotopic (exact) mass is 361 g/mol. The SMILES string of the molecule is O=C1COc2cc(C(=O)OCc3cc(Cl)c4c(c3)OCO4)ccc2N1. The lowest BCUT2D eigenvalue weighted by Gasteiger charge is -2.18. The molecule has 0 fully saturated rings. The summed E-state index contributed by atoms with van der Waals surface area (Å²) < 4.78 is 21.1. The first kappa shape index (κ1) is 15.6. The molecule has 0 saturated carbocycles. The molecule has 0 bridgehead atoms. The molecule has 0 aromatic heterocycles. The van der Waals surface area contributed by atoms with Crippen LogP contribution in [0.3, 0.4) is 0 Å². The Hall–Kier alpha value is -2.93. The molecule has 0 radical (unpaired) electrons. The van der Waals surface area contributed by atoms with Gasteiger partial charge < -0.3 is 24.3 Å². The number of benzene rings is 2. The first-order chi connectivity index (χ1) is 12.1. The van der Waals surface area contributed by atoms with Crippen LogP contribution in [0.2, 0.25) is 5.02 Å². The lowest BCUT2D eigenvalue weighted by molar-refractivity contribution is -0.118. The molecule has 2 heterocycles. The summed E-state index contributed by atoms with van der Waals surface area (Å²) in [5.41, 5.74) is 1.53. The van der Waals surface area contributed by atoms with Gasteiger partial charge in [0.1, 0.15) is 12.4 Å². The number of nitrogens with one attached hydrogen (secondary N) is 1. The average molecular weight is 362 g/mol. The van der Waals surface area contributed by atoms with Crippen molar-refractivity contribution in [2.45, 2.75) is 6.61 Å². The fourth-order valence-corrected chi connectivity index (χ4v) is 2.83. The molecule has 25 heavy (non-hydrogen) atoms. The van der Waals surface area contributed by atoms with Crippen molar-refractivity contribution in [3.8, 4) is 17.2 Å². The Morgan fingerprint density at radius 3 is 2.92 bits per heavy atom. The Morgan fingerprint density at radius 1 is 1.16 bits per heavy atom. The highest BCUT2D eigenvalue weighted by atomic mass is 35.5. The van der Waals surface area contributed by atoms with Gasteiger partial charge in [-0.05, 0) is 35.9 Å². The molecule has 8 heteroatoms. The predicted molar refractivity (Wildman–Crippen MR) is 87.3 cm³/mol. The standard InChI is InChI=1S/C17H12ClNO6/c18-11-3-9(4-14-16(11)25-8-24-14)6-23-17(21)10-1-2-12-13(5-10)22-7-15(20)19-12/h1-5H,6-8H2,(H,19,20). The zero-order chi connectivity index (χ0) is 17.4. The number of anilines is 1. The lowest BCUT2D eigenvalue weighted by Crippen LogP contribution is -2.25. The maximum absolute atomic E-state index is 12.2. The quantitative estimate of drug-likeness (QED) is 0.846. The summed E-state index contributed by atoms with van der Waals surface area (Å²) in [5.74, 6) is 0.696. The summed E-state index contributed by atoms with van der Waals surface area (Å²) in [6, 6.07) is 8.06. The molecule has 0 saturated heterocycles. The van der Waals surface area contributed by atoms with Crippen LogP contribution in [0.15, 0.2) is 30.3 Å². The number of carbonyl (C=O) groups excluding carboxylic acids is 2. The molecule has 4 rings (SSSR count). The first-order valence-electron chi connectivity index (χ1n) is 7.42. The van der Waals surface area contributed by atoms with E-state index in [0.29, 0.717) is 39.1 Å². The van der Waals surface area contributed by atoms with Crippen LogP contribution in [0.4, 0.5) is 5.69 Å². The molecule has 2 aliphatic rings. The van der Waals surface area contributed by atoms with Crippen LogP contribution >= 0.6 is 11.6 Å². The van der Waals surface area contributed by atoms with E-state index in [1.807, 2.05) is 0 Å². The van der Waals surface area contributed by atoms with E-state index >= 15 is 0 Å². The molecule has 128 valence electrons. The molecule has 1 N–H and O–H groups in total. The molecule has 0 spiro atoms. The summed E-state index contributed by atoms with van der Waals surface area (Å²) in [7, 11) is 0. The van der Waals surface area contributed by atoms with Crippen molar-refractivity contribution in [2.24, 2.45) is 0 Å². The molecule has 2 aromatic carbocycles. The number of hydrogen-bond donors (Lipinski definition) is 1. The molecule has 2 aliphatic heterocycles. The van der Waals surface area contributed by atoms with Crippen molar-refractivity contribution < 1.29 is 28.5 Å². The lowest BCUT2D eigenvalue weighted by atomic mass is 10.1. The number of fused-ring (bicyclic) bond motifs is 2. The van der Waals surface area contributed by atoms with Gasteiger partial charge in [-0.25, -0.2) is 4.79 Å². The minimum atomic E-state index is -0.517. The highest BCUT2D eigenvalue weighted by Gasteiger charge is 2.20. The Morgan fingerprint density at radius 2 is 2.04 bits per heavy atom. The van der Waals surface area contributed by atoms with E-state index in [1.165, 1.54) is 6.07 Å². The van der Waals surface area contributed by atoms with Gasteiger partial charge in [0, 0.05) is 0 Å². The van der Waals surface area contributed by atoms with Crippen molar-refractivity contribution in [1.29, 1.82) is 0 Å². The molecule has 0 atom stereocenters. The Kier molecular flexibility index (Phi) is 3.85. The second-order valence-corrected chi connectivity index (χ2v) is 5.84. The van der Waals surface area contributed by atoms with Gasteiger partial charge in [-0.15, -0.1) is 0 Å². The molecular formula is C17H12ClNO6. The fraction of sp³-hybridized carbons (Fsp3) is 0.176. The van der Waals surface area contributed by atoms with E-state index < -0.39 is 5.97 Å². The average Bonchev–Trinajstić information content (AvgIpc) is 3.08. The molecule has 0 unspecified atom stereocenters. The zero-order valence-electron chi connectivity index (χ0n) is 12.8. The third-order valence-electron chi connectivity index (χ3n) is 3.71. The van der Waals surface area contributed by atoms with Gasteiger partial charge in [0.15, 0.2) is 18.1 Å². The van der Waals surface area contributed by atoms with E-state index in [4.69, 9.17) is 30.5 Å². The fourth-order valence-electron chi connectivity index (χ4n) is 2.54. The minimum Gasteiger partial charge on any atom is -0.482 e. The summed E-state index contributed by atoms with van der Waals surface area (Å²) >= 11 is 6.10. The summed E-state index contributed by atoms with van der Waals surface area (Å²) in [5, 5.41) is 3.06. The van der Waals surface area contributed by atoms with Gasteiger partial charge in [-0.2, -0.15) is 0 Å². The molecule has 2 aromatic rings. The minimum absolute atomic E-state index is 0.0316. The predicted octanol–water partition coefficient (Wildman–Crippen LogP) is 2.76. The van der Waals surface area contributed by atoms with Crippen LogP contribution in [0.1, 0.15) is 15.9 Å². The van der Waals surface area contributed by atoms with Gasteiger partial charge >= 0.3 is 5.97 Å². The van der Waals surface area contributed by atoms with Gasteiger partial charge in [-0.3, -0.25) is 4.79 Å². The largest absolute Gasteiger partial charge is 0.482 e. The van der Waals surface area contributed by atoms with Gasteiger partial charge in [0.25, 0.3) is 5.91 Å². The van der Waals surface area contributed by atoms with Crippen LogP contribution in [0, 0.1) is 0 Å². The van der Waals surface area contributed by atoms with Crippen molar-refractivity contribution in [3.63, 3.8) is 0 Å². The molecular weight excluding hydrogens is 350 g/mol. The van der Waals surface area contributed by atoms with Crippen molar-refractivity contribution in [1.82, 2.24) is 0 Å². The summed E-state index contributed by atoms with van der Waals surface area (Å²) in [4.78, 5) is 23.5. The maximum Gasteiger partial charge on any atom is 0.338 e. The van der Waals surface area contributed by atoms with Gasteiger partial charge in [-0.1, -0.05) is 11.6 Å². The summed E-state index contributed by atoms with van der Waals surface area (Å²) in [6.07, 6.45) is 0. The van der Waals surface area contributed by atoms with E-state index in [-0.39, 0.29) is 25.9 Å². The summed E-state index contributed by atoms with van der Waals surface area (Å²) in [6.45, 7) is 0.0645. The van der Waals surface area contributed by atoms with Crippen molar-refractivity contribution >= 4 is 29.2 Å². The Balaban J connectivity index is 1.46. The number of esters is 1. The smallest absolute Gasteiger partial charge is 0.338 e. The topological polar surface area (TPSA) is 83.1 Å². The van der Waals surface area contributed by atoms with Crippen LogP contribution in [-0.2, 0) is 16.1 Å². The van der Waals surface area contributed by atoms with Crippen LogP contribution < -0.4 is 19.5 Å². The zero-order valence-corrected chi connectivity index (χ0v) is 13.6. The van der Waals surface area contributed by atoms with E-state index in [1.54, 1.807) is 24.3 Å². The Bertz CT molecular complexity index is 882. The van der Waals surface area contributed by atoms with E-state index in [2.05, 4.69) is 5.32 Å².